The fraction of sp³-hybridized carbons (Fsp3) is 0.308. The summed E-state index contributed by atoms with van der Waals surface area (Å²) in [5, 5.41) is 0. The van der Waals surface area contributed by atoms with E-state index in [0.29, 0.717) is 18.7 Å². The molecule has 0 fully saturated rings. The Balaban J connectivity index is 1.54. The van der Waals surface area contributed by atoms with Crippen molar-refractivity contribution < 1.29 is 4.39 Å². The Kier molecular flexibility index (Phi) is 6.09. The average molecular weight is 400 g/mol. The first kappa shape index (κ1) is 20.1. The minimum absolute atomic E-state index is 0.0896. The van der Waals surface area contributed by atoms with Crippen molar-refractivity contribution >= 4 is 5.71 Å². The van der Waals surface area contributed by atoms with E-state index < -0.39 is 6.17 Å². The lowest BCUT2D eigenvalue weighted by atomic mass is 9.89. The van der Waals surface area contributed by atoms with Crippen molar-refractivity contribution in [2.24, 2.45) is 4.99 Å². The molecule has 1 unspecified atom stereocenters. The van der Waals surface area contributed by atoms with E-state index in [2.05, 4.69) is 39.4 Å². The van der Waals surface area contributed by atoms with Crippen LogP contribution < -0.4 is 0 Å². The predicted octanol–water partition coefficient (Wildman–Crippen LogP) is 4.87. The average Bonchev–Trinajstić information content (AvgIpc) is 2.79. The van der Waals surface area contributed by atoms with Gasteiger partial charge in [-0.1, -0.05) is 61.0 Å². The number of hydrogen-bond acceptors (Lipinski definition) is 3. The summed E-state index contributed by atoms with van der Waals surface area (Å²) < 4.78 is 15.0. The van der Waals surface area contributed by atoms with Gasteiger partial charge in [0, 0.05) is 30.8 Å². The molecule has 0 saturated carbocycles. The standard InChI is InChI=1S/C26H26FN3/c1-3-8-24(19(2)30-16-14-21-11-7-15-28-26(21)18-30)29-25-13-12-22(17-23(25)27)20-9-5-4-6-10-20/h3-11,15,22-24H,2,14,16-18H2,1H3/b8-3-,29-25?/t22-,23-,24?/m0/s1. The van der Waals surface area contributed by atoms with Crippen LogP contribution in [0.5, 0.6) is 0 Å². The zero-order chi connectivity index (χ0) is 20.9. The molecule has 0 bridgehead atoms. The third kappa shape index (κ3) is 4.36. The van der Waals surface area contributed by atoms with Crippen LogP contribution in [-0.2, 0) is 13.0 Å². The van der Waals surface area contributed by atoms with Crippen molar-refractivity contribution in [1.82, 2.24) is 9.88 Å². The van der Waals surface area contributed by atoms with Crippen molar-refractivity contribution in [3.63, 3.8) is 0 Å². The maximum atomic E-state index is 15.0. The van der Waals surface area contributed by atoms with Gasteiger partial charge in [0.1, 0.15) is 11.8 Å². The molecule has 2 aliphatic rings. The first-order valence-electron chi connectivity index (χ1n) is 10.4. The van der Waals surface area contributed by atoms with Crippen LogP contribution >= 0.6 is 0 Å². The van der Waals surface area contributed by atoms with Crippen molar-refractivity contribution in [2.45, 2.75) is 44.4 Å². The van der Waals surface area contributed by atoms with E-state index in [9.17, 15) is 4.39 Å². The number of rotatable bonds is 5. The highest BCUT2D eigenvalue weighted by Gasteiger charge is 2.26. The van der Waals surface area contributed by atoms with E-state index in [1.54, 1.807) is 0 Å². The highest BCUT2D eigenvalue weighted by Crippen LogP contribution is 2.27. The molecule has 1 aliphatic heterocycles. The largest absolute Gasteiger partial charge is 0.367 e. The van der Waals surface area contributed by atoms with Crippen LogP contribution in [0.1, 0.15) is 36.1 Å². The van der Waals surface area contributed by atoms with E-state index in [4.69, 9.17) is 0 Å². The number of halogens is 1. The third-order valence-corrected chi connectivity index (χ3v) is 5.69. The second-order valence-corrected chi connectivity index (χ2v) is 7.69. The summed E-state index contributed by atoms with van der Waals surface area (Å²) in [6.07, 6.45) is 5.81. The summed E-state index contributed by atoms with van der Waals surface area (Å²) >= 11 is 0. The SMILES string of the molecule is C=C(C(/C=C\C)N=C1C#C[C@H](c2ccccc2)C[C@@H]1F)N1CCc2cccnc2C1. The minimum Gasteiger partial charge on any atom is -0.367 e. The van der Waals surface area contributed by atoms with Crippen LogP contribution in [0.4, 0.5) is 4.39 Å². The molecule has 4 rings (SSSR count). The Labute approximate surface area is 178 Å². The van der Waals surface area contributed by atoms with Crippen molar-refractivity contribution in [3.8, 4) is 11.8 Å². The molecular weight excluding hydrogens is 373 g/mol. The number of allylic oxidation sites excluding steroid dienone is 1. The van der Waals surface area contributed by atoms with Gasteiger partial charge in [-0.15, -0.1) is 0 Å². The number of aliphatic imine (C=N–C) groups is 1. The normalized spacial score (nSPS) is 23.0. The summed E-state index contributed by atoms with van der Waals surface area (Å²) in [7, 11) is 0. The third-order valence-electron chi connectivity index (χ3n) is 5.69. The first-order chi connectivity index (χ1) is 14.7. The molecule has 0 saturated heterocycles. The maximum absolute atomic E-state index is 15.0. The van der Waals surface area contributed by atoms with Gasteiger partial charge in [0.2, 0.25) is 0 Å². The monoisotopic (exact) mass is 399 g/mol. The van der Waals surface area contributed by atoms with E-state index >= 15 is 0 Å². The molecule has 3 atom stereocenters. The number of fused-ring (bicyclic) bond motifs is 1. The Morgan fingerprint density at radius 1 is 1.30 bits per heavy atom. The molecule has 0 spiro atoms. The second kappa shape index (κ2) is 9.09. The van der Waals surface area contributed by atoms with E-state index in [0.717, 1.165) is 29.9 Å². The van der Waals surface area contributed by atoms with Crippen molar-refractivity contribution in [3.05, 3.63) is 89.9 Å². The van der Waals surface area contributed by atoms with E-state index in [-0.39, 0.29) is 12.0 Å². The number of pyridine rings is 1. The van der Waals surface area contributed by atoms with Gasteiger partial charge in [-0.2, -0.15) is 0 Å². The molecule has 0 N–H and O–H groups in total. The lowest BCUT2D eigenvalue weighted by Crippen LogP contribution is -2.34. The first-order valence-corrected chi connectivity index (χ1v) is 10.4. The molecule has 152 valence electrons. The van der Waals surface area contributed by atoms with Crippen LogP contribution in [0, 0.1) is 11.8 Å². The molecule has 0 amide bonds. The van der Waals surface area contributed by atoms with Crippen LogP contribution in [-0.4, -0.2) is 34.4 Å². The Morgan fingerprint density at radius 2 is 2.13 bits per heavy atom. The molecule has 3 nitrogen and oxygen atoms in total. The number of aromatic nitrogens is 1. The van der Waals surface area contributed by atoms with Gasteiger partial charge < -0.3 is 4.90 Å². The lowest BCUT2D eigenvalue weighted by molar-refractivity contribution is 0.305. The van der Waals surface area contributed by atoms with Gasteiger partial charge in [-0.25, -0.2) is 4.39 Å². The smallest absolute Gasteiger partial charge is 0.151 e. The summed E-state index contributed by atoms with van der Waals surface area (Å²) in [6, 6.07) is 13.7. The fourth-order valence-electron chi connectivity index (χ4n) is 3.98. The Morgan fingerprint density at radius 3 is 2.90 bits per heavy atom. The quantitative estimate of drug-likeness (QED) is 0.530. The molecule has 2 aromatic rings. The van der Waals surface area contributed by atoms with Crippen molar-refractivity contribution in [1.29, 1.82) is 0 Å². The van der Waals surface area contributed by atoms with E-state index in [1.807, 2.05) is 61.7 Å². The van der Waals surface area contributed by atoms with Gasteiger partial charge in [-0.3, -0.25) is 9.98 Å². The maximum Gasteiger partial charge on any atom is 0.151 e. The van der Waals surface area contributed by atoms with E-state index in [1.165, 1.54) is 5.56 Å². The van der Waals surface area contributed by atoms with Crippen molar-refractivity contribution in [2.75, 3.05) is 6.54 Å². The van der Waals surface area contributed by atoms with Gasteiger partial charge in [-0.05, 0) is 36.5 Å². The zero-order valence-corrected chi connectivity index (χ0v) is 17.3. The number of benzene rings is 1. The Hall–Kier alpha value is -3.19. The van der Waals surface area contributed by atoms with Crippen LogP contribution in [0.25, 0.3) is 0 Å². The highest BCUT2D eigenvalue weighted by molar-refractivity contribution is 6.05. The summed E-state index contributed by atoms with van der Waals surface area (Å²) in [4.78, 5) is 11.4. The Bertz CT molecular complexity index is 1030. The minimum atomic E-state index is -1.17. The highest BCUT2D eigenvalue weighted by atomic mass is 19.1. The number of alkyl halides is 1. The topological polar surface area (TPSA) is 28.5 Å². The van der Waals surface area contributed by atoms with Gasteiger partial charge >= 0.3 is 0 Å². The number of nitrogens with zero attached hydrogens (tertiary/aromatic N) is 3. The predicted molar refractivity (Wildman–Crippen MR) is 120 cm³/mol. The molecule has 4 heteroatoms. The van der Waals surface area contributed by atoms with Crippen LogP contribution in [0.3, 0.4) is 0 Å². The molecule has 1 aromatic heterocycles. The van der Waals surface area contributed by atoms with Crippen LogP contribution in [0.15, 0.2) is 78.1 Å². The summed E-state index contributed by atoms with van der Waals surface area (Å²) in [5.74, 6) is 6.11. The fourth-order valence-corrected chi connectivity index (χ4v) is 3.98. The number of hydrogen-bond donors (Lipinski definition) is 0. The second-order valence-electron chi connectivity index (χ2n) is 7.69. The van der Waals surface area contributed by atoms with Gasteiger partial charge in [0.25, 0.3) is 0 Å². The molecule has 2 heterocycles. The zero-order valence-electron chi connectivity index (χ0n) is 17.3. The molecule has 1 aliphatic carbocycles. The molecule has 1 aromatic carbocycles. The summed E-state index contributed by atoms with van der Waals surface area (Å²) in [6.45, 7) is 7.80. The van der Waals surface area contributed by atoms with Crippen LogP contribution in [0.2, 0.25) is 0 Å². The van der Waals surface area contributed by atoms with Gasteiger partial charge in [0.05, 0.1) is 12.2 Å². The molecule has 0 radical (unpaired) electrons. The molecular formula is C26H26FN3. The molecule has 30 heavy (non-hydrogen) atoms. The van der Waals surface area contributed by atoms with Gasteiger partial charge in [0.15, 0.2) is 6.17 Å². The summed E-state index contributed by atoms with van der Waals surface area (Å²) in [5.41, 5.74) is 4.59. The lowest BCUT2D eigenvalue weighted by Gasteiger charge is -2.33.